The highest BCUT2D eigenvalue weighted by Crippen LogP contribution is 2.17. The fourth-order valence-corrected chi connectivity index (χ4v) is 2.68. The standard InChI is InChI=1S/C16H12N6OS/c23-15(10-4-5-13-14(8-10)20-21-19-13)18-11-2-1-3-12(9-11)22-7-6-17-16(22)24/h1-9H,(H,17,24)(H,18,23)(H,19,20,21). The number of H-pyrrole nitrogens is 2. The number of anilines is 1. The lowest BCUT2D eigenvalue weighted by Crippen LogP contribution is -2.12. The number of imidazole rings is 1. The van der Waals surface area contributed by atoms with E-state index in [1.807, 2.05) is 35.0 Å². The molecule has 2 heterocycles. The summed E-state index contributed by atoms with van der Waals surface area (Å²) >= 11 is 5.22. The molecule has 0 aliphatic heterocycles. The molecule has 4 aromatic rings. The molecular weight excluding hydrogens is 324 g/mol. The van der Waals surface area contributed by atoms with Crippen molar-refractivity contribution in [1.29, 1.82) is 0 Å². The van der Waals surface area contributed by atoms with Crippen molar-refractivity contribution in [3.8, 4) is 5.69 Å². The molecule has 0 fully saturated rings. The van der Waals surface area contributed by atoms with Gasteiger partial charge in [-0.3, -0.25) is 9.36 Å². The third kappa shape index (κ3) is 2.59. The van der Waals surface area contributed by atoms with Crippen molar-refractivity contribution < 1.29 is 4.79 Å². The maximum Gasteiger partial charge on any atom is 0.255 e. The van der Waals surface area contributed by atoms with Crippen LogP contribution in [0.1, 0.15) is 10.4 Å². The SMILES string of the molecule is O=C(Nc1cccc(-n2cc[nH]c2=S)c1)c1ccc2n[nH]nc2c1. The zero-order valence-electron chi connectivity index (χ0n) is 12.4. The lowest BCUT2D eigenvalue weighted by Gasteiger charge is -2.08. The fourth-order valence-electron chi connectivity index (χ4n) is 2.44. The van der Waals surface area contributed by atoms with Gasteiger partial charge in [-0.1, -0.05) is 6.07 Å². The Hall–Kier alpha value is -3.26. The molecule has 3 N–H and O–H groups in total. The monoisotopic (exact) mass is 336 g/mol. The van der Waals surface area contributed by atoms with Crippen LogP contribution in [0.25, 0.3) is 16.7 Å². The fraction of sp³-hybridized carbons (Fsp3) is 0. The van der Waals surface area contributed by atoms with Gasteiger partial charge >= 0.3 is 0 Å². The molecule has 1 amide bonds. The summed E-state index contributed by atoms with van der Waals surface area (Å²) in [4.78, 5) is 15.4. The first-order chi connectivity index (χ1) is 11.7. The Balaban J connectivity index is 1.61. The van der Waals surface area contributed by atoms with E-state index in [2.05, 4.69) is 25.7 Å². The third-order valence-corrected chi connectivity index (χ3v) is 3.92. The van der Waals surface area contributed by atoms with Gasteiger partial charge in [-0.25, -0.2) is 0 Å². The maximum absolute atomic E-state index is 12.4. The Kier molecular flexibility index (Phi) is 3.43. The molecule has 8 heteroatoms. The number of carbonyl (C=O) groups is 1. The van der Waals surface area contributed by atoms with Crippen LogP contribution >= 0.6 is 12.2 Å². The van der Waals surface area contributed by atoms with Gasteiger partial charge in [0.15, 0.2) is 4.77 Å². The minimum absolute atomic E-state index is 0.213. The second kappa shape index (κ2) is 5.74. The highest BCUT2D eigenvalue weighted by molar-refractivity contribution is 7.71. The van der Waals surface area contributed by atoms with Gasteiger partial charge in [0.25, 0.3) is 5.91 Å². The quantitative estimate of drug-likeness (QED) is 0.501. The van der Waals surface area contributed by atoms with E-state index in [0.29, 0.717) is 21.5 Å². The van der Waals surface area contributed by atoms with Crippen molar-refractivity contribution in [1.82, 2.24) is 25.0 Å². The number of nitrogens with zero attached hydrogens (tertiary/aromatic N) is 3. The summed E-state index contributed by atoms with van der Waals surface area (Å²) in [6.07, 6.45) is 3.60. The zero-order valence-corrected chi connectivity index (χ0v) is 13.2. The van der Waals surface area contributed by atoms with Crippen LogP contribution in [0.15, 0.2) is 54.9 Å². The Bertz CT molecular complexity index is 1090. The number of aromatic nitrogens is 5. The lowest BCUT2D eigenvalue weighted by atomic mass is 10.2. The summed E-state index contributed by atoms with van der Waals surface area (Å²) in [6, 6.07) is 12.6. The largest absolute Gasteiger partial charge is 0.337 e. The van der Waals surface area contributed by atoms with Crippen molar-refractivity contribution in [3.63, 3.8) is 0 Å². The van der Waals surface area contributed by atoms with Crippen LogP contribution in [-0.4, -0.2) is 30.9 Å². The predicted octanol–water partition coefficient (Wildman–Crippen LogP) is 3.06. The second-order valence-electron chi connectivity index (χ2n) is 5.17. The topological polar surface area (TPSA) is 91.4 Å². The van der Waals surface area contributed by atoms with E-state index in [9.17, 15) is 4.79 Å². The average molecular weight is 336 g/mol. The lowest BCUT2D eigenvalue weighted by molar-refractivity contribution is 0.102. The van der Waals surface area contributed by atoms with Gasteiger partial charge in [0.1, 0.15) is 11.0 Å². The molecule has 0 aliphatic carbocycles. The summed E-state index contributed by atoms with van der Waals surface area (Å²) in [7, 11) is 0. The molecule has 118 valence electrons. The van der Waals surface area contributed by atoms with E-state index in [1.54, 1.807) is 24.4 Å². The normalized spacial score (nSPS) is 10.8. The van der Waals surface area contributed by atoms with Crippen molar-refractivity contribution >= 4 is 34.8 Å². The van der Waals surface area contributed by atoms with Crippen LogP contribution in [0.2, 0.25) is 0 Å². The van der Waals surface area contributed by atoms with E-state index in [4.69, 9.17) is 12.2 Å². The van der Waals surface area contributed by atoms with Crippen molar-refractivity contribution in [2.75, 3.05) is 5.32 Å². The van der Waals surface area contributed by atoms with Crippen molar-refractivity contribution in [2.24, 2.45) is 0 Å². The Morgan fingerprint density at radius 2 is 2.00 bits per heavy atom. The summed E-state index contributed by atoms with van der Waals surface area (Å²) in [5.74, 6) is -0.213. The summed E-state index contributed by atoms with van der Waals surface area (Å²) < 4.78 is 2.42. The summed E-state index contributed by atoms with van der Waals surface area (Å²) in [6.45, 7) is 0. The van der Waals surface area contributed by atoms with Crippen LogP contribution < -0.4 is 5.32 Å². The molecular formula is C16H12N6OS. The van der Waals surface area contributed by atoms with E-state index < -0.39 is 0 Å². The number of amides is 1. The van der Waals surface area contributed by atoms with E-state index in [0.717, 1.165) is 11.2 Å². The Labute approximate surface area is 141 Å². The highest BCUT2D eigenvalue weighted by atomic mass is 32.1. The third-order valence-electron chi connectivity index (χ3n) is 3.61. The van der Waals surface area contributed by atoms with E-state index >= 15 is 0 Å². The van der Waals surface area contributed by atoms with Gasteiger partial charge in [0, 0.05) is 29.3 Å². The van der Waals surface area contributed by atoms with Crippen LogP contribution in [-0.2, 0) is 0 Å². The van der Waals surface area contributed by atoms with Crippen LogP contribution in [0.5, 0.6) is 0 Å². The summed E-state index contributed by atoms with van der Waals surface area (Å²) in [5.41, 5.74) is 3.43. The number of hydrogen-bond acceptors (Lipinski definition) is 4. The summed E-state index contributed by atoms with van der Waals surface area (Å²) in [5, 5.41) is 13.4. The molecule has 0 aliphatic rings. The second-order valence-corrected chi connectivity index (χ2v) is 5.55. The minimum Gasteiger partial charge on any atom is -0.337 e. The van der Waals surface area contributed by atoms with Crippen LogP contribution in [0.4, 0.5) is 5.69 Å². The number of benzene rings is 2. The van der Waals surface area contributed by atoms with Gasteiger partial charge in [-0.05, 0) is 48.6 Å². The molecule has 24 heavy (non-hydrogen) atoms. The highest BCUT2D eigenvalue weighted by Gasteiger charge is 2.09. The van der Waals surface area contributed by atoms with Crippen LogP contribution in [0.3, 0.4) is 0 Å². The molecule has 0 radical (unpaired) electrons. The molecule has 0 atom stereocenters. The first-order valence-corrected chi connectivity index (χ1v) is 7.60. The van der Waals surface area contributed by atoms with E-state index in [-0.39, 0.29) is 5.91 Å². The van der Waals surface area contributed by atoms with Crippen LogP contribution in [0, 0.1) is 4.77 Å². The molecule has 0 spiro atoms. The molecule has 0 saturated carbocycles. The molecule has 0 unspecified atom stereocenters. The number of fused-ring (bicyclic) bond motifs is 1. The predicted molar refractivity (Wildman–Crippen MR) is 92.8 cm³/mol. The van der Waals surface area contributed by atoms with Gasteiger partial charge in [0.05, 0.1) is 0 Å². The van der Waals surface area contributed by atoms with Crippen molar-refractivity contribution in [2.45, 2.75) is 0 Å². The van der Waals surface area contributed by atoms with E-state index in [1.165, 1.54) is 0 Å². The first-order valence-electron chi connectivity index (χ1n) is 7.19. The number of nitrogens with one attached hydrogen (secondary N) is 3. The van der Waals surface area contributed by atoms with Gasteiger partial charge < -0.3 is 10.3 Å². The first kappa shape index (κ1) is 14.3. The van der Waals surface area contributed by atoms with Crippen molar-refractivity contribution in [3.05, 3.63) is 65.2 Å². The molecule has 0 saturated heterocycles. The number of aromatic amines is 2. The zero-order chi connectivity index (χ0) is 16.5. The molecule has 7 nitrogen and oxygen atoms in total. The van der Waals surface area contributed by atoms with Gasteiger partial charge in [-0.2, -0.15) is 15.4 Å². The minimum atomic E-state index is -0.213. The molecule has 2 aromatic carbocycles. The smallest absolute Gasteiger partial charge is 0.255 e. The Morgan fingerprint density at radius 1 is 1.12 bits per heavy atom. The molecule has 4 rings (SSSR count). The number of hydrogen-bond donors (Lipinski definition) is 3. The molecule has 2 aromatic heterocycles. The van der Waals surface area contributed by atoms with Gasteiger partial charge in [0.2, 0.25) is 0 Å². The Morgan fingerprint density at radius 3 is 2.83 bits per heavy atom. The van der Waals surface area contributed by atoms with Gasteiger partial charge in [-0.15, -0.1) is 0 Å². The average Bonchev–Trinajstić information content (AvgIpc) is 3.22. The molecule has 0 bridgehead atoms. The number of carbonyl (C=O) groups excluding carboxylic acids is 1. The number of rotatable bonds is 3. The maximum atomic E-state index is 12.4.